The summed E-state index contributed by atoms with van der Waals surface area (Å²) < 4.78 is 3.92. The summed E-state index contributed by atoms with van der Waals surface area (Å²) in [5, 5.41) is 0.836. The Bertz CT molecular complexity index is 849. The van der Waals surface area contributed by atoms with E-state index in [1.807, 2.05) is 5.57 Å². The van der Waals surface area contributed by atoms with Crippen molar-refractivity contribution < 1.29 is 0 Å². The molecule has 0 N–H and O–H groups in total. The average Bonchev–Trinajstić information content (AvgIpc) is 3.46. The number of nitrogens with zero attached hydrogens (tertiary/aromatic N) is 1. The van der Waals surface area contributed by atoms with Crippen molar-refractivity contribution in [1.29, 1.82) is 0 Å². The molecular formula is C31H49InNS2. The Kier molecular flexibility index (Phi) is 8.93. The molecule has 5 rings (SSSR count). The molecule has 4 heteroatoms. The van der Waals surface area contributed by atoms with Gasteiger partial charge in [0, 0.05) is 0 Å². The molecule has 5 aliphatic rings. The fraction of sp³-hybridized carbons (Fsp3) is 0.839. The van der Waals surface area contributed by atoms with Crippen LogP contribution in [0.25, 0.3) is 0 Å². The van der Waals surface area contributed by atoms with Gasteiger partial charge in [0.05, 0.1) is 0 Å². The van der Waals surface area contributed by atoms with Gasteiger partial charge in [-0.3, -0.25) is 0 Å². The number of fused-ring (bicyclic) bond motifs is 5. The minimum atomic E-state index is -0.581. The van der Waals surface area contributed by atoms with E-state index in [0.717, 1.165) is 40.8 Å². The Balaban J connectivity index is 1.20. The number of allylic oxidation sites excluding steroid dienone is 2. The third kappa shape index (κ3) is 5.57. The van der Waals surface area contributed by atoms with Gasteiger partial charge in [-0.05, 0) is 24.2 Å². The quantitative estimate of drug-likeness (QED) is 0.190. The van der Waals surface area contributed by atoms with E-state index in [1.165, 1.54) is 76.4 Å². The molecule has 0 aromatic rings. The van der Waals surface area contributed by atoms with E-state index in [-0.39, 0.29) is 0 Å². The van der Waals surface area contributed by atoms with Crippen molar-refractivity contribution in [3.63, 3.8) is 0 Å². The van der Waals surface area contributed by atoms with E-state index < -0.39 is 22.9 Å². The molecule has 3 saturated carbocycles. The van der Waals surface area contributed by atoms with Crippen molar-refractivity contribution in [2.75, 3.05) is 5.75 Å². The van der Waals surface area contributed by atoms with Gasteiger partial charge in [0.2, 0.25) is 0 Å². The van der Waals surface area contributed by atoms with Crippen molar-refractivity contribution in [3.05, 3.63) is 21.2 Å². The van der Waals surface area contributed by atoms with Gasteiger partial charge in [0.15, 0.2) is 0 Å². The van der Waals surface area contributed by atoms with Gasteiger partial charge in [-0.1, -0.05) is 47.0 Å². The summed E-state index contributed by atoms with van der Waals surface area (Å²) in [6.07, 6.45) is 21.0. The molecule has 4 aliphatic carbocycles. The second kappa shape index (κ2) is 11.4. The van der Waals surface area contributed by atoms with Crippen molar-refractivity contribution in [2.45, 2.75) is 110 Å². The zero-order valence-electron chi connectivity index (χ0n) is 23.1. The number of rotatable bonds is 9. The molecule has 8 unspecified atom stereocenters. The Morgan fingerprint density at radius 2 is 1.91 bits per heavy atom. The summed E-state index contributed by atoms with van der Waals surface area (Å²) in [6, 6.07) is 0. The Labute approximate surface area is 235 Å². The fourth-order valence-electron chi connectivity index (χ4n) is 9.34. The molecule has 0 saturated heterocycles. The molecule has 0 aromatic carbocycles. The number of aliphatic imine (C=N–C) groups is 1. The number of hydrogen-bond acceptors (Lipinski definition) is 3. The molecule has 1 heterocycles. The zero-order valence-corrected chi connectivity index (χ0v) is 28.0. The molecule has 1 aliphatic heterocycles. The molecule has 0 aromatic heterocycles. The molecule has 35 heavy (non-hydrogen) atoms. The molecule has 0 amide bonds. The third-order valence-electron chi connectivity index (χ3n) is 11.3. The fourth-order valence-corrected chi connectivity index (χ4v) is 16.2. The van der Waals surface area contributed by atoms with Gasteiger partial charge < -0.3 is 0 Å². The van der Waals surface area contributed by atoms with Crippen LogP contribution in [0.1, 0.15) is 105 Å². The monoisotopic (exact) mass is 614 g/mol. The van der Waals surface area contributed by atoms with Crippen molar-refractivity contribution in [2.24, 2.45) is 51.3 Å². The van der Waals surface area contributed by atoms with E-state index >= 15 is 0 Å². The van der Waals surface area contributed by atoms with Crippen LogP contribution in [-0.2, 0) is 0 Å². The SMILES string of the molecule is CC(C)CCCC(C)C1CCC2C3CC=C4CC(SSC[C]5=CN=[CH][In]5)CCC4(C)C3CCC12C. The van der Waals surface area contributed by atoms with Crippen LogP contribution in [0.3, 0.4) is 0 Å². The Morgan fingerprint density at radius 1 is 1.06 bits per heavy atom. The van der Waals surface area contributed by atoms with Crippen LogP contribution in [0.2, 0.25) is 0 Å². The van der Waals surface area contributed by atoms with E-state index in [2.05, 4.69) is 77.4 Å². The van der Waals surface area contributed by atoms with E-state index in [1.54, 1.807) is 3.33 Å². The van der Waals surface area contributed by atoms with Crippen molar-refractivity contribution in [1.82, 2.24) is 0 Å². The Hall–Kier alpha value is 0.720. The van der Waals surface area contributed by atoms with E-state index in [4.69, 9.17) is 0 Å². The summed E-state index contributed by atoms with van der Waals surface area (Å²) in [4.78, 5) is 4.36. The minimum absolute atomic E-state index is 0.504. The first kappa shape index (κ1) is 27.3. The first-order valence-corrected chi connectivity index (χ1v) is 20.8. The maximum atomic E-state index is 4.36. The summed E-state index contributed by atoms with van der Waals surface area (Å²) in [7, 11) is 4.33. The summed E-state index contributed by atoms with van der Waals surface area (Å²) in [6.45, 7) is 12.8. The predicted octanol–water partition coefficient (Wildman–Crippen LogP) is 9.37. The molecule has 3 fully saturated rings. The van der Waals surface area contributed by atoms with Crippen LogP contribution < -0.4 is 0 Å². The van der Waals surface area contributed by atoms with Gasteiger partial charge in [0.1, 0.15) is 0 Å². The van der Waals surface area contributed by atoms with Gasteiger partial charge in [-0.2, -0.15) is 0 Å². The van der Waals surface area contributed by atoms with Gasteiger partial charge in [0.25, 0.3) is 0 Å². The van der Waals surface area contributed by atoms with Gasteiger partial charge in [-0.25, -0.2) is 0 Å². The molecule has 1 radical (unpaired) electrons. The van der Waals surface area contributed by atoms with Gasteiger partial charge >= 0.3 is 166 Å². The summed E-state index contributed by atoms with van der Waals surface area (Å²) in [5.41, 5.74) is 2.99. The normalized spacial score (nSPS) is 41.0. The first-order chi connectivity index (χ1) is 16.8. The molecule has 8 atom stereocenters. The van der Waals surface area contributed by atoms with Crippen LogP contribution in [0.15, 0.2) is 26.2 Å². The minimum Gasteiger partial charge on any atom is -0.0591 e. The van der Waals surface area contributed by atoms with Crippen LogP contribution in [0.5, 0.6) is 0 Å². The van der Waals surface area contributed by atoms with Gasteiger partial charge in [-0.15, -0.1) is 0 Å². The first-order valence-electron chi connectivity index (χ1n) is 14.8. The number of hydrogen-bond donors (Lipinski definition) is 0. The molecule has 0 spiro atoms. The summed E-state index contributed by atoms with van der Waals surface area (Å²) in [5.74, 6) is 6.92. The van der Waals surface area contributed by atoms with Crippen LogP contribution in [-0.4, -0.2) is 37.9 Å². The van der Waals surface area contributed by atoms with Crippen molar-refractivity contribution in [3.8, 4) is 0 Å². The zero-order chi connectivity index (χ0) is 24.6. The van der Waals surface area contributed by atoms with Crippen LogP contribution >= 0.6 is 21.6 Å². The molecule has 1 nitrogen and oxygen atoms in total. The Morgan fingerprint density at radius 3 is 2.69 bits per heavy atom. The third-order valence-corrected chi connectivity index (χ3v) is 18.1. The second-order valence-electron chi connectivity index (χ2n) is 13.7. The average molecular weight is 615 g/mol. The van der Waals surface area contributed by atoms with E-state index in [0.29, 0.717) is 10.8 Å². The van der Waals surface area contributed by atoms with Crippen LogP contribution in [0.4, 0.5) is 0 Å². The van der Waals surface area contributed by atoms with E-state index in [9.17, 15) is 0 Å². The topological polar surface area (TPSA) is 12.4 Å². The predicted molar refractivity (Wildman–Crippen MR) is 159 cm³/mol. The van der Waals surface area contributed by atoms with Crippen molar-refractivity contribution >= 4 is 48.5 Å². The second-order valence-corrected chi connectivity index (χ2v) is 20.3. The maximum absolute atomic E-state index is 4.36. The van der Waals surface area contributed by atoms with Crippen LogP contribution in [0, 0.1) is 46.3 Å². The summed E-state index contributed by atoms with van der Waals surface area (Å²) >= 11 is -0.581. The molecule has 193 valence electrons. The molecular weight excluding hydrogens is 565 g/mol. The smallest absolute Gasteiger partial charge is 0.0591 e. The molecule has 0 bridgehead atoms. The standard InChI is InChI=1S/C31H49NS2.In/c1-22(2)9-7-10-23(3)27-13-14-28-26-12-11-24-21-25(34-33-20-8-19-32-6)15-17-30(24,4)29(26)16-18-31(27,28)5;/h6,11,19,22-23,25-29H,7,9-10,12-18,20-21H2,1-5H3;.